The van der Waals surface area contributed by atoms with Gasteiger partial charge in [0.15, 0.2) is 11.0 Å². The molecule has 0 atom stereocenters. The van der Waals surface area contributed by atoms with Crippen molar-refractivity contribution in [1.82, 2.24) is 15.0 Å². The smallest absolute Gasteiger partial charge is 0.211 e. The maximum absolute atomic E-state index is 5.81. The summed E-state index contributed by atoms with van der Waals surface area (Å²) in [5, 5.41) is 0.337. The first kappa shape index (κ1) is 7.26. The van der Waals surface area contributed by atoms with Crippen LogP contribution in [0.4, 0.5) is 0 Å². The number of halogens is 1. The van der Waals surface area contributed by atoms with E-state index in [1.807, 2.05) is 0 Å². The fourth-order valence-corrected chi connectivity index (χ4v) is 1.41. The second-order valence-corrected chi connectivity index (χ2v) is 3.50. The van der Waals surface area contributed by atoms with E-state index in [2.05, 4.69) is 15.0 Å². The number of nitrogens with zero attached hydrogens (tertiary/aromatic N) is 3. The number of rotatable bonds is 1. The zero-order chi connectivity index (χ0) is 8.84. The van der Waals surface area contributed by atoms with Gasteiger partial charge in [-0.2, -0.15) is 4.98 Å². The van der Waals surface area contributed by atoms with E-state index in [1.54, 1.807) is 0 Å². The Morgan fingerprint density at radius 1 is 1.38 bits per heavy atom. The van der Waals surface area contributed by atoms with Crippen molar-refractivity contribution in [3.05, 3.63) is 17.4 Å². The van der Waals surface area contributed by atoms with Crippen LogP contribution in [0.25, 0.3) is 11.2 Å². The molecule has 1 aliphatic rings. The molecule has 0 N–H and O–H groups in total. The van der Waals surface area contributed by atoms with Gasteiger partial charge in [0.25, 0.3) is 0 Å². The average molecular weight is 196 g/mol. The molecule has 0 aliphatic heterocycles. The first-order chi connectivity index (χ1) is 6.34. The highest BCUT2D eigenvalue weighted by Gasteiger charge is 2.29. The molecule has 1 aliphatic carbocycles. The predicted molar refractivity (Wildman–Crippen MR) is 46.6 cm³/mol. The Kier molecular flexibility index (Phi) is 1.35. The molecule has 2 heterocycles. The number of hydrogen-bond acceptors (Lipinski definition) is 4. The lowest BCUT2D eigenvalue weighted by atomic mass is 10.4. The van der Waals surface area contributed by atoms with E-state index in [1.165, 1.54) is 6.33 Å². The summed E-state index contributed by atoms with van der Waals surface area (Å²) >= 11 is 5.81. The molecular formula is C8H6ClN3O. The minimum absolute atomic E-state index is 0.337. The molecule has 1 saturated carbocycles. The van der Waals surface area contributed by atoms with Crippen LogP contribution in [-0.2, 0) is 0 Å². The van der Waals surface area contributed by atoms with E-state index in [0.717, 1.165) is 18.7 Å². The van der Waals surface area contributed by atoms with Crippen molar-refractivity contribution in [3.8, 4) is 0 Å². The standard InChI is InChI=1S/C8H6ClN3O/c9-6-5-7(11-3-10-6)12-8(13-5)4-1-2-4/h3-4H,1-2H2. The Balaban J connectivity index is 2.26. The molecule has 5 heteroatoms. The van der Waals surface area contributed by atoms with Crippen molar-refractivity contribution in [3.63, 3.8) is 0 Å². The summed E-state index contributed by atoms with van der Waals surface area (Å²) in [6, 6.07) is 0. The fraction of sp³-hybridized carbons (Fsp3) is 0.375. The van der Waals surface area contributed by atoms with Crippen molar-refractivity contribution in [2.45, 2.75) is 18.8 Å². The van der Waals surface area contributed by atoms with Gasteiger partial charge in [-0.15, -0.1) is 0 Å². The molecule has 0 aromatic carbocycles. The van der Waals surface area contributed by atoms with Crippen LogP contribution in [0.15, 0.2) is 10.7 Å². The number of aromatic nitrogens is 3. The van der Waals surface area contributed by atoms with Gasteiger partial charge in [0.1, 0.15) is 6.33 Å². The quantitative estimate of drug-likeness (QED) is 0.655. The number of fused-ring (bicyclic) bond motifs is 1. The van der Waals surface area contributed by atoms with Crippen LogP contribution >= 0.6 is 11.6 Å². The molecule has 2 aromatic rings. The number of oxazole rings is 1. The van der Waals surface area contributed by atoms with Gasteiger partial charge in [0, 0.05) is 5.92 Å². The fourth-order valence-electron chi connectivity index (χ4n) is 1.25. The second-order valence-electron chi connectivity index (χ2n) is 3.14. The van der Waals surface area contributed by atoms with Crippen molar-refractivity contribution < 1.29 is 4.42 Å². The lowest BCUT2D eigenvalue weighted by Gasteiger charge is -1.86. The Labute approximate surface area is 79.0 Å². The van der Waals surface area contributed by atoms with Gasteiger partial charge in [-0.25, -0.2) is 9.97 Å². The van der Waals surface area contributed by atoms with Gasteiger partial charge in [-0.3, -0.25) is 0 Å². The molecule has 0 unspecified atom stereocenters. The van der Waals surface area contributed by atoms with Gasteiger partial charge in [-0.05, 0) is 12.8 Å². The lowest BCUT2D eigenvalue weighted by Crippen LogP contribution is -1.80. The van der Waals surface area contributed by atoms with E-state index >= 15 is 0 Å². The first-order valence-corrected chi connectivity index (χ1v) is 4.49. The van der Waals surface area contributed by atoms with Crippen molar-refractivity contribution >= 4 is 22.8 Å². The van der Waals surface area contributed by atoms with Crippen LogP contribution in [-0.4, -0.2) is 15.0 Å². The van der Waals surface area contributed by atoms with Gasteiger partial charge >= 0.3 is 0 Å². The summed E-state index contributed by atoms with van der Waals surface area (Å²) in [6.45, 7) is 0. The van der Waals surface area contributed by atoms with E-state index in [-0.39, 0.29) is 0 Å². The monoisotopic (exact) mass is 195 g/mol. The zero-order valence-electron chi connectivity index (χ0n) is 6.70. The number of hydrogen-bond donors (Lipinski definition) is 0. The SMILES string of the molecule is Clc1ncnc2nc(C3CC3)oc12. The third-order valence-corrected chi connectivity index (χ3v) is 2.36. The van der Waals surface area contributed by atoms with Crippen LogP contribution < -0.4 is 0 Å². The molecule has 4 nitrogen and oxygen atoms in total. The molecule has 0 radical (unpaired) electrons. The molecule has 3 rings (SSSR count). The molecule has 1 fully saturated rings. The molecule has 0 bridgehead atoms. The molecule has 66 valence electrons. The second kappa shape index (κ2) is 2.42. The predicted octanol–water partition coefficient (Wildman–Crippen LogP) is 2.15. The van der Waals surface area contributed by atoms with Gasteiger partial charge in [0.2, 0.25) is 11.2 Å². The highest BCUT2D eigenvalue weighted by molar-refractivity contribution is 6.33. The summed E-state index contributed by atoms with van der Waals surface area (Å²) in [4.78, 5) is 12.0. The molecule has 0 saturated heterocycles. The van der Waals surface area contributed by atoms with Gasteiger partial charge in [-0.1, -0.05) is 11.6 Å². The molecular weight excluding hydrogens is 190 g/mol. The summed E-state index contributed by atoms with van der Waals surface area (Å²) < 4.78 is 5.45. The maximum Gasteiger partial charge on any atom is 0.211 e. The van der Waals surface area contributed by atoms with Gasteiger partial charge in [0.05, 0.1) is 0 Å². The van der Waals surface area contributed by atoms with Crippen molar-refractivity contribution in [2.24, 2.45) is 0 Å². The van der Waals surface area contributed by atoms with Crippen LogP contribution in [0.5, 0.6) is 0 Å². The van der Waals surface area contributed by atoms with E-state index in [9.17, 15) is 0 Å². The summed E-state index contributed by atoms with van der Waals surface area (Å²) in [6.07, 6.45) is 3.69. The minimum atomic E-state index is 0.337. The highest BCUT2D eigenvalue weighted by atomic mass is 35.5. The minimum Gasteiger partial charge on any atom is -0.435 e. The zero-order valence-corrected chi connectivity index (χ0v) is 7.45. The Bertz CT molecular complexity index is 463. The van der Waals surface area contributed by atoms with Crippen LogP contribution in [0.3, 0.4) is 0 Å². The Hall–Kier alpha value is -1.16. The lowest BCUT2D eigenvalue weighted by molar-refractivity contribution is 0.532. The average Bonchev–Trinajstić information content (AvgIpc) is 2.87. The van der Waals surface area contributed by atoms with E-state index in [4.69, 9.17) is 16.0 Å². The third-order valence-electron chi connectivity index (χ3n) is 2.09. The molecule has 2 aromatic heterocycles. The van der Waals surface area contributed by atoms with Crippen molar-refractivity contribution in [2.75, 3.05) is 0 Å². The van der Waals surface area contributed by atoms with Crippen LogP contribution in [0, 0.1) is 0 Å². The summed E-state index contributed by atoms with van der Waals surface area (Å²) in [5.41, 5.74) is 1.06. The first-order valence-electron chi connectivity index (χ1n) is 4.11. The van der Waals surface area contributed by atoms with Gasteiger partial charge < -0.3 is 4.42 Å². The topological polar surface area (TPSA) is 51.8 Å². The summed E-state index contributed by atoms with van der Waals surface area (Å²) in [7, 11) is 0. The molecule has 0 spiro atoms. The van der Waals surface area contributed by atoms with Crippen molar-refractivity contribution in [1.29, 1.82) is 0 Å². The molecule has 0 amide bonds. The normalized spacial score (nSPS) is 16.7. The summed E-state index contributed by atoms with van der Waals surface area (Å²) in [5.74, 6) is 1.22. The third kappa shape index (κ3) is 1.09. The largest absolute Gasteiger partial charge is 0.435 e. The molecule has 13 heavy (non-hydrogen) atoms. The maximum atomic E-state index is 5.81. The Morgan fingerprint density at radius 2 is 2.23 bits per heavy atom. The highest BCUT2D eigenvalue weighted by Crippen LogP contribution is 2.40. The van der Waals surface area contributed by atoms with Crippen LogP contribution in [0.1, 0.15) is 24.7 Å². The Morgan fingerprint density at radius 3 is 2.92 bits per heavy atom. The van der Waals surface area contributed by atoms with Crippen LogP contribution in [0.2, 0.25) is 5.15 Å². The van der Waals surface area contributed by atoms with E-state index in [0.29, 0.717) is 22.3 Å². The van der Waals surface area contributed by atoms with E-state index < -0.39 is 0 Å².